The van der Waals surface area contributed by atoms with Gasteiger partial charge in [0.25, 0.3) is 0 Å². The van der Waals surface area contributed by atoms with Crippen molar-refractivity contribution < 1.29 is 8.42 Å². The van der Waals surface area contributed by atoms with Crippen molar-refractivity contribution in [1.82, 2.24) is 9.88 Å². The maximum atomic E-state index is 11.2. The predicted molar refractivity (Wildman–Crippen MR) is 79.0 cm³/mol. The Morgan fingerprint density at radius 2 is 2.05 bits per heavy atom. The first-order valence-corrected chi connectivity index (χ1v) is 8.52. The van der Waals surface area contributed by atoms with Gasteiger partial charge in [-0.3, -0.25) is 0 Å². The second-order valence-corrected chi connectivity index (χ2v) is 7.07. The normalized spacial score (nSPS) is 12.1. The highest BCUT2D eigenvalue weighted by atomic mass is 32.2. The predicted octanol–water partition coefficient (Wildman–Crippen LogP) is 1.80. The van der Waals surface area contributed by atoms with E-state index in [4.69, 9.17) is 0 Å². The molecule has 2 aromatic rings. The van der Waals surface area contributed by atoms with Crippen LogP contribution in [0, 0.1) is 0 Å². The van der Waals surface area contributed by atoms with E-state index in [1.165, 1.54) is 11.8 Å². The quantitative estimate of drug-likeness (QED) is 0.878. The van der Waals surface area contributed by atoms with Crippen molar-refractivity contribution in [3.63, 3.8) is 0 Å². The number of aryl methyl sites for hydroxylation is 1. The fourth-order valence-corrected chi connectivity index (χ4v) is 2.62. The van der Waals surface area contributed by atoms with Gasteiger partial charge in [0.1, 0.15) is 9.84 Å². The molecular formula is C14H20N2O2S. The fourth-order valence-electron chi connectivity index (χ4n) is 2.09. The van der Waals surface area contributed by atoms with Crippen LogP contribution in [0.15, 0.2) is 30.5 Å². The van der Waals surface area contributed by atoms with Crippen LogP contribution >= 0.6 is 0 Å². The second-order valence-electron chi connectivity index (χ2n) is 4.81. The highest BCUT2D eigenvalue weighted by molar-refractivity contribution is 7.90. The Morgan fingerprint density at radius 1 is 1.26 bits per heavy atom. The Labute approximate surface area is 114 Å². The zero-order valence-electron chi connectivity index (χ0n) is 11.4. The Balaban J connectivity index is 2.19. The van der Waals surface area contributed by atoms with Gasteiger partial charge >= 0.3 is 0 Å². The molecule has 1 N–H and O–H groups in total. The smallest absolute Gasteiger partial charge is 0.149 e. The van der Waals surface area contributed by atoms with Crippen molar-refractivity contribution in [3.8, 4) is 0 Å². The van der Waals surface area contributed by atoms with Gasteiger partial charge in [-0.2, -0.15) is 0 Å². The van der Waals surface area contributed by atoms with Crippen molar-refractivity contribution in [2.75, 3.05) is 18.6 Å². The van der Waals surface area contributed by atoms with Gasteiger partial charge in [0.05, 0.1) is 5.75 Å². The molecule has 0 amide bonds. The standard InChI is InChI=1S/C14H20N2O2S/c1-3-15-11-12-4-5-14-13(10-12)6-7-16(14)8-9-19(2,17)18/h4-7,10,15H,3,8-9,11H2,1-2H3. The number of nitrogens with zero attached hydrogens (tertiary/aromatic N) is 1. The molecule has 0 saturated heterocycles. The van der Waals surface area contributed by atoms with Gasteiger partial charge in [0, 0.05) is 31.1 Å². The summed E-state index contributed by atoms with van der Waals surface area (Å²) in [6, 6.07) is 8.33. The molecule has 5 heteroatoms. The lowest BCUT2D eigenvalue weighted by molar-refractivity contribution is 0.596. The van der Waals surface area contributed by atoms with Crippen LogP contribution in [-0.2, 0) is 22.9 Å². The second kappa shape index (κ2) is 5.75. The summed E-state index contributed by atoms with van der Waals surface area (Å²) in [7, 11) is -2.92. The molecule has 0 unspecified atom stereocenters. The summed E-state index contributed by atoms with van der Waals surface area (Å²) in [4.78, 5) is 0. The summed E-state index contributed by atoms with van der Waals surface area (Å²) >= 11 is 0. The van der Waals surface area contributed by atoms with Crippen molar-refractivity contribution in [1.29, 1.82) is 0 Å². The lowest BCUT2D eigenvalue weighted by Crippen LogP contribution is -2.12. The van der Waals surface area contributed by atoms with Gasteiger partial charge in [-0.05, 0) is 35.7 Å². The Hall–Kier alpha value is -1.33. The molecular weight excluding hydrogens is 260 g/mol. The number of hydrogen-bond acceptors (Lipinski definition) is 3. The fraction of sp³-hybridized carbons (Fsp3) is 0.429. The van der Waals surface area contributed by atoms with E-state index in [-0.39, 0.29) is 5.75 Å². The summed E-state index contributed by atoms with van der Waals surface area (Å²) < 4.78 is 24.4. The largest absolute Gasteiger partial charge is 0.346 e. The molecule has 0 fully saturated rings. The summed E-state index contributed by atoms with van der Waals surface area (Å²) in [5.74, 6) is 0.177. The zero-order chi connectivity index (χ0) is 13.9. The van der Waals surface area contributed by atoms with Crippen LogP contribution in [0.2, 0.25) is 0 Å². The number of sulfone groups is 1. The first kappa shape index (κ1) is 14.1. The molecule has 0 aliphatic heterocycles. The van der Waals surface area contributed by atoms with Crippen LogP contribution in [0.3, 0.4) is 0 Å². The van der Waals surface area contributed by atoms with E-state index in [0.717, 1.165) is 24.0 Å². The van der Waals surface area contributed by atoms with E-state index in [1.54, 1.807) is 0 Å². The number of aromatic nitrogens is 1. The van der Waals surface area contributed by atoms with Crippen LogP contribution in [0.5, 0.6) is 0 Å². The van der Waals surface area contributed by atoms with E-state index < -0.39 is 9.84 Å². The van der Waals surface area contributed by atoms with Gasteiger partial charge in [0.2, 0.25) is 0 Å². The zero-order valence-corrected chi connectivity index (χ0v) is 12.2. The summed E-state index contributed by atoms with van der Waals surface area (Å²) in [6.07, 6.45) is 3.22. The number of fused-ring (bicyclic) bond motifs is 1. The van der Waals surface area contributed by atoms with Gasteiger partial charge in [-0.25, -0.2) is 8.42 Å². The third kappa shape index (κ3) is 3.81. The molecule has 4 nitrogen and oxygen atoms in total. The molecule has 19 heavy (non-hydrogen) atoms. The van der Waals surface area contributed by atoms with Crippen molar-refractivity contribution >= 4 is 20.7 Å². The number of nitrogens with one attached hydrogen (secondary N) is 1. The summed E-state index contributed by atoms with van der Waals surface area (Å²) in [5, 5.41) is 4.45. The average molecular weight is 280 g/mol. The maximum absolute atomic E-state index is 11.2. The molecule has 104 valence electrons. The molecule has 0 bridgehead atoms. The molecule has 0 atom stereocenters. The lowest BCUT2D eigenvalue weighted by Gasteiger charge is -2.06. The van der Waals surface area contributed by atoms with Crippen molar-refractivity contribution in [2.24, 2.45) is 0 Å². The first-order valence-electron chi connectivity index (χ1n) is 6.46. The first-order chi connectivity index (χ1) is 8.99. The molecule has 0 spiro atoms. The lowest BCUT2D eigenvalue weighted by atomic mass is 10.1. The molecule has 1 heterocycles. The molecule has 0 radical (unpaired) electrons. The van der Waals surface area contributed by atoms with Crippen LogP contribution in [0.1, 0.15) is 12.5 Å². The molecule has 0 aliphatic rings. The molecule has 1 aromatic carbocycles. The molecule has 1 aromatic heterocycles. The van der Waals surface area contributed by atoms with E-state index >= 15 is 0 Å². The monoisotopic (exact) mass is 280 g/mol. The van der Waals surface area contributed by atoms with Gasteiger partial charge in [-0.1, -0.05) is 13.0 Å². The van der Waals surface area contributed by atoms with Crippen LogP contribution in [0.4, 0.5) is 0 Å². The van der Waals surface area contributed by atoms with Crippen LogP contribution < -0.4 is 5.32 Å². The Morgan fingerprint density at radius 3 is 2.74 bits per heavy atom. The number of hydrogen-bond donors (Lipinski definition) is 1. The van der Waals surface area contributed by atoms with Crippen molar-refractivity contribution in [2.45, 2.75) is 20.0 Å². The summed E-state index contributed by atoms with van der Waals surface area (Å²) in [6.45, 7) is 4.41. The topological polar surface area (TPSA) is 51.1 Å². The highest BCUT2D eigenvalue weighted by Crippen LogP contribution is 2.18. The third-order valence-electron chi connectivity index (χ3n) is 3.12. The van der Waals surface area contributed by atoms with Gasteiger partial charge in [-0.15, -0.1) is 0 Å². The SMILES string of the molecule is CCNCc1ccc2c(ccn2CCS(C)(=O)=O)c1. The number of benzene rings is 1. The van der Waals surface area contributed by atoms with Crippen LogP contribution in [0.25, 0.3) is 10.9 Å². The molecule has 0 aliphatic carbocycles. The van der Waals surface area contributed by atoms with E-state index in [9.17, 15) is 8.42 Å². The maximum Gasteiger partial charge on any atom is 0.149 e. The highest BCUT2D eigenvalue weighted by Gasteiger charge is 2.06. The van der Waals surface area contributed by atoms with E-state index in [1.807, 2.05) is 16.8 Å². The van der Waals surface area contributed by atoms with Crippen LogP contribution in [-0.4, -0.2) is 31.5 Å². The third-order valence-corrected chi connectivity index (χ3v) is 4.04. The van der Waals surface area contributed by atoms with Gasteiger partial charge in [0.15, 0.2) is 0 Å². The minimum atomic E-state index is -2.92. The Bertz CT molecular complexity index is 659. The minimum absolute atomic E-state index is 0.177. The number of rotatable bonds is 6. The molecule has 2 rings (SSSR count). The molecule has 0 saturated carbocycles. The van der Waals surface area contributed by atoms with E-state index in [0.29, 0.717) is 6.54 Å². The Kier molecular flexibility index (Phi) is 4.27. The van der Waals surface area contributed by atoms with E-state index in [2.05, 4.69) is 30.4 Å². The summed E-state index contributed by atoms with van der Waals surface area (Å²) in [5.41, 5.74) is 2.33. The minimum Gasteiger partial charge on any atom is -0.346 e. The van der Waals surface area contributed by atoms with Gasteiger partial charge < -0.3 is 9.88 Å². The average Bonchev–Trinajstić information content (AvgIpc) is 2.75. The van der Waals surface area contributed by atoms with Crippen molar-refractivity contribution in [3.05, 3.63) is 36.0 Å².